The summed E-state index contributed by atoms with van der Waals surface area (Å²) in [5.41, 5.74) is 4.22. The lowest BCUT2D eigenvalue weighted by molar-refractivity contribution is 0.199. The van der Waals surface area contributed by atoms with E-state index < -0.39 is 6.10 Å². The molecule has 4 aromatic heterocycles. The van der Waals surface area contributed by atoms with E-state index in [2.05, 4.69) is 20.3 Å². The standard InChI is InChI=1S/C19H17N5O2/c1-12-3-8-19(23-22-12)26-15-5-7-18-16(10-21-24(18)11-15)17-6-4-14(9-20-17)13(2)25/h3-11,13,25H,1-2H3. The molecule has 26 heavy (non-hydrogen) atoms. The van der Waals surface area contributed by atoms with Crippen LogP contribution in [0.15, 0.2) is 55.0 Å². The maximum Gasteiger partial charge on any atom is 0.238 e. The fourth-order valence-corrected chi connectivity index (χ4v) is 2.60. The van der Waals surface area contributed by atoms with Crippen molar-refractivity contribution in [1.82, 2.24) is 24.8 Å². The van der Waals surface area contributed by atoms with Gasteiger partial charge in [-0.3, -0.25) is 4.98 Å². The summed E-state index contributed by atoms with van der Waals surface area (Å²) in [6.07, 6.45) is 4.68. The van der Waals surface area contributed by atoms with E-state index >= 15 is 0 Å². The van der Waals surface area contributed by atoms with E-state index in [1.54, 1.807) is 36.1 Å². The highest BCUT2D eigenvalue weighted by Crippen LogP contribution is 2.26. The molecule has 0 aliphatic rings. The van der Waals surface area contributed by atoms with Crippen LogP contribution >= 0.6 is 0 Å². The van der Waals surface area contributed by atoms with Gasteiger partial charge in [0.25, 0.3) is 0 Å². The van der Waals surface area contributed by atoms with E-state index in [1.807, 2.05) is 37.3 Å². The van der Waals surface area contributed by atoms with Crippen molar-refractivity contribution in [2.24, 2.45) is 0 Å². The summed E-state index contributed by atoms with van der Waals surface area (Å²) in [6, 6.07) is 11.1. The molecule has 1 N–H and O–H groups in total. The summed E-state index contributed by atoms with van der Waals surface area (Å²) in [5.74, 6) is 1.04. The second kappa shape index (κ2) is 6.53. The third-order valence-electron chi connectivity index (χ3n) is 4.03. The van der Waals surface area contributed by atoms with Crippen LogP contribution in [0.2, 0.25) is 0 Å². The number of rotatable bonds is 4. The zero-order valence-electron chi connectivity index (χ0n) is 14.4. The van der Waals surface area contributed by atoms with Crippen LogP contribution in [0.4, 0.5) is 0 Å². The van der Waals surface area contributed by atoms with Crippen LogP contribution < -0.4 is 4.74 Å². The summed E-state index contributed by atoms with van der Waals surface area (Å²) in [5, 5.41) is 22.0. The van der Waals surface area contributed by atoms with E-state index in [-0.39, 0.29) is 0 Å². The van der Waals surface area contributed by atoms with Gasteiger partial charge in [-0.1, -0.05) is 6.07 Å². The first-order valence-corrected chi connectivity index (χ1v) is 8.20. The smallest absolute Gasteiger partial charge is 0.238 e. The van der Waals surface area contributed by atoms with Crippen molar-refractivity contribution in [2.45, 2.75) is 20.0 Å². The summed E-state index contributed by atoms with van der Waals surface area (Å²) in [6.45, 7) is 3.59. The first-order valence-electron chi connectivity index (χ1n) is 8.20. The number of pyridine rings is 2. The Bertz CT molecular complexity index is 1040. The molecular weight excluding hydrogens is 330 g/mol. The number of aryl methyl sites for hydroxylation is 1. The van der Waals surface area contributed by atoms with E-state index in [4.69, 9.17) is 4.74 Å². The van der Waals surface area contributed by atoms with Crippen molar-refractivity contribution in [3.8, 4) is 22.9 Å². The van der Waals surface area contributed by atoms with E-state index in [9.17, 15) is 5.11 Å². The Morgan fingerprint density at radius 1 is 1.04 bits per heavy atom. The lowest BCUT2D eigenvalue weighted by Gasteiger charge is -2.06. The Labute approximate surface area is 149 Å². The molecule has 0 aliphatic carbocycles. The Balaban J connectivity index is 1.63. The van der Waals surface area contributed by atoms with Gasteiger partial charge < -0.3 is 9.84 Å². The minimum Gasteiger partial charge on any atom is -0.436 e. The van der Waals surface area contributed by atoms with Gasteiger partial charge in [0.15, 0.2) is 0 Å². The van der Waals surface area contributed by atoms with Gasteiger partial charge in [-0.2, -0.15) is 10.2 Å². The number of aliphatic hydroxyl groups is 1. The van der Waals surface area contributed by atoms with E-state index in [0.717, 1.165) is 28.0 Å². The third kappa shape index (κ3) is 3.12. The van der Waals surface area contributed by atoms with Gasteiger partial charge in [-0.05, 0) is 43.7 Å². The molecule has 0 aromatic carbocycles. The lowest BCUT2D eigenvalue weighted by atomic mass is 10.1. The fourth-order valence-electron chi connectivity index (χ4n) is 2.60. The first kappa shape index (κ1) is 16.2. The molecule has 130 valence electrons. The number of fused-ring (bicyclic) bond motifs is 1. The zero-order chi connectivity index (χ0) is 18.1. The van der Waals surface area contributed by atoms with Crippen molar-refractivity contribution < 1.29 is 9.84 Å². The quantitative estimate of drug-likeness (QED) is 0.609. The van der Waals surface area contributed by atoms with Gasteiger partial charge in [0, 0.05) is 17.8 Å². The number of ether oxygens (including phenoxy) is 1. The maximum atomic E-state index is 9.60. The van der Waals surface area contributed by atoms with E-state index in [1.165, 1.54) is 0 Å². The molecule has 0 amide bonds. The molecule has 7 nitrogen and oxygen atoms in total. The largest absolute Gasteiger partial charge is 0.436 e. The molecule has 0 fully saturated rings. The van der Waals surface area contributed by atoms with E-state index in [0.29, 0.717) is 11.6 Å². The second-order valence-electron chi connectivity index (χ2n) is 6.02. The minimum atomic E-state index is -0.537. The van der Waals surface area contributed by atoms with Crippen LogP contribution in [0.3, 0.4) is 0 Å². The molecule has 4 heterocycles. The van der Waals surface area contributed by atoms with Crippen molar-refractivity contribution in [3.05, 3.63) is 66.2 Å². The highest BCUT2D eigenvalue weighted by Gasteiger charge is 2.10. The molecule has 0 saturated carbocycles. The molecule has 4 rings (SSSR count). The van der Waals surface area contributed by atoms with Crippen LogP contribution in [0.5, 0.6) is 11.6 Å². The third-order valence-corrected chi connectivity index (χ3v) is 4.03. The van der Waals surface area contributed by atoms with Crippen LogP contribution in [-0.2, 0) is 0 Å². The SMILES string of the molecule is Cc1ccc(Oc2ccc3c(-c4ccc(C(C)O)cn4)cnn3c2)nn1. The van der Waals surface area contributed by atoms with Crippen molar-refractivity contribution in [1.29, 1.82) is 0 Å². The number of hydrogen-bond acceptors (Lipinski definition) is 6. The highest BCUT2D eigenvalue weighted by molar-refractivity contribution is 5.77. The second-order valence-corrected chi connectivity index (χ2v) is 6.02. The molecule has 0 saturated heterocycles. The first-order chi connectivity index (χ1) is 12.6. The van der Waals surface area contributed by atoms with Crippen LogP contribution in [-0.4, -0.2) is 29.9 Å². The predicted octanol–water partition coefficient (Wildman–Crippen LogP) is 3.34. The Kier molecular flexibility index (Phi) is 4.06. The van der Waals surface area contributed by atoms with Gasteiger partial charge in [-0.25, -0.2) is 4.52 Å². The molecule has 4 aromatic rings. The van der Waals surface area contributed by atoms with Crippen LogP contribution in [0.1, 0.15) is 24.3 Å². The van der Waals surface area contributed by atoms with Gasteiger partial charge in [-0.15, -0.1) is 5.10 Å². The monoisotopic (exact) mass is 347 g/mol. The molecule has 0 aliphatic heterocycles. The summed E-state index contributed by atoms with van der Waals surface area (Å²) in [7, 11) is 0. The summed E-state index contributed by atoms with van der Waals surface area (Å²) in [4.78, 5) is 4.43. The maximum absolute atomic E-state index is 9.60. The molecule has 1 unspecified atom stereocenters. The number of aliphatic hydroxyl groups excluding tert-OH is 1. The number of aromatic nitrogens is 5. The normalized spacial score (nSPS) is 12.3. The molecule has 0 bridgehead atoms. The van der Waals surface area contributed by atoms with Crippen LogP contribution in [0.25, 0.3) is 16.8 Å². The van der Waals surface area contributed by atoms with Crippen molar-refractivity contribution >= 4 is 5.52 Å². The molecule has 1 atom stereocenters. The van der Waals surface area contributed by atoms with Crippen molar-refractivity contribution in [2.75, 3.05) is 0 Å². The van der Waals surface area contributed by atoms with Crippen molar-refractivity contribution in [3.63, 3.8) is 0 Å². The summed E-state index contributed by atoms with van der Waals surface area (Å²) < 4.78 is 7.45. The zero-order valence-corrected chi connectivity index (χ0v) is 14.4. The molecule has 7 heteroatoms. The average Bonchev–Trinajstić information content (AvgIpc) is 3.07. The van der Waals surface area contributed by atoms with Gasteiger partial charge in [0.2, 0.25) is 5.88 Å². The summed E-state index contributed by atoms with van der Waals surface area (Å²) >= 11 is 0. The Hall–Kier alpha value is -3.32. The highest BCUT2D eigenvalue weighted by atomic mass is 16.5. The van der Waals surface area contributed by atoms with Gasteiger partial charge in [0.1, 0.15) is 5.75 Å². The molecular formula is C19H17N5O2. The molecule has 0 radical (unpaired) electrons. The number of hydrogen-bond donors (Lipinski definition) is 1. The van der Waals surface area contributed by atoms with Crippen LogP contribution in [0, 0.1) is 6.92 Å². The minimum absolute atomic E-state index is 0.428. The van der Waals surface area contributed by atoms with Gasteiger partial charge in [0.05, 0.1) is 35.4 Å². The lowest BCUT2D eigenvalue weighted by Crippen LogP contribution is -1.94. The Morgan fingerprint density at radius 2 is 1.92 bits per heavy atom. The fraction of sp³-hybridized carbons (Fsp3) is 0.158. The van der Waals surface area contributed by atoms with Gasteiger partial charge >= 0.3 is 0 Å². The predicted molar refractivity (Wildman–Crippen MR) is 95.9 cm³/mol. The molecule has 0 spiro atoms. The Morgan fingerprint density at radius 3 is 2.62 bits per heavy atom. The topological polar surface area (TPSA) is 85.4 Å². The average molecular weight is 347 g/mol. The number of nitrogens with zero attached hydrogens (tertiary/aromatic N) is 5.